The maximum Gasteiger partial charge on any atom is 0.254 e. The monoisotopic (exact) mass is 488 g/mol. The number of aryl methyl sites for hydroxylation is 2. The predicted molar refractivity (Wildman–Crippen MR) is 139 cm³/mol. The normalized spacial score (nSPS) is 17.1. The number of para-hydroxylation sites is 1. The maximum atomic E-state index is 13.7. The van der Waals surface area contributed by atoms with E-state index in [0.29, 0.717) is 31.2 Å². The SMILES string of the molecule is Cc1ccccc1OCC1c2ccsc2CCN1C(=O)CN(CC1CC1)C(=O)c1ccccc1C. The van der Waals surface area contributed by atoms with Gasteiger partial charge in [-0.05, 0) is 79.3 Å². The highest BCUT2D eigenvalue weighted by atomic mass is 32.1. The minimum Gasteiger partial charge on any atom is -0.491 e. The average Bonchev–Trinajstić information content (AvgIpc) is 3.55. The third kappa shape index (κ3) is 5.27. The summed E-state index contributed by atoms with van der Waals surface area (Å²) in [5.74, 6) is 1.28. The summed E-state index contributed by atoms with van der Waals surface area (Å²) in [5, 5.41) is 2.10. The average molecular weight is 489 g/mol. The van der Waals surface area contributed by atoms with Gasteiger partial charge in [-0.3, -0.25) is 9.59 Å². The van der Waals surface area contributed by atoms with E-state index in [1.807, 2.05) is 67.3 Å². The van der Waals surface area contributed by atoms with Crippen LogP contribution < -0.4 is 4.74 Å². The fraction of sp³-hybridized carbons (Fsp3) is 0.379. The molecule has 1 unspecified atom stereocenters. The molecule has 2 amide bonds. The number of benzene rings is 2. The topological polar surface area (TPSA) is 49.9 Å². The van der Waals surface area contributed by atoms with Crippen molar-refractivity contribution in [2.24, 2.45) is 5.92 Å². The summed E-state index contributed by atoms with van der Waals surface area (Å²) in [6.07, 6.45) is 3.09. The number of hydrogen-bond acceptors (Lipinski definition) is 4. The van der Waals surface area contributed by atoms with E-state index < -0.39 is 0 Å². The Hall–Kier alpha value is -3.12. The van der Waals surface area contributed by atoms with Crippen molar-refractivity contribution in [2.45, 2.75) is 39.2 Å². The molecule has 0 radical (unpaired) electrons. The van der Waals surface area contributed by atoms with Gasteiger partial charge in [-0.15, -0.1) is 11.3 Å². The Morgan fingerprint density at radius 2 is 1.77 bits per heavy atom. The van der Waals surface area contributed by atoms with Crippen LogP contribution in [-0.4, -0.2) is 47.9 Å². The summed E-state index contributed by atoms with van der Waals surface area (Å²) in [6.45, 7) is 5.76. The van der Waals surface area contributed by atoms with E-state index in [1.54, 1.807) is 16.2 Å². The van der Waals surface area contributed by atoms with Crippen LogP contribution in [0.15, 0.2) is 60.0 Å². The van der Waals surface area contributed by atoms with Gasteiger partial charge in [0.05, 0.1) is 6.04 Å². The minimum absolute atomic E-state index is 0.0113. The first-order valence-electron chi connectivity index (χ1n) is 12.4. The van der Waals surface area contributed by atoms with Crippen molar-refractivity contribution in [3.05, 3.63) is 87.1 Å². The molecule has 2 aliphatic rings. The molecule has 1 saturated carbocycles. The Labute approximate surface area is 211 Å². The van der Waals surface area contributed by atoms with Crippen LogP contribution in [-0.2, 0) is 11.2 Å². The molecule has 0 saturated heterocycles. The van der Waals surface area contributed by atoms with Gasteiger partial charge in [0.1, 0.15) is 18.9 Å². The van der Waals surface area contributed by atoms with Gasteiger partial charge in [0, 0.05) is 23.5 Å². The molecule has 35 heavy (non-hydrogen) atoms. The predicted octanol–water partition coefficient (Wildman–Crippen LogP) is 5.42. The summed E-state index contributed by atoms with van der Waals surface area (Å²) in [6, 6.07) is 17.6. The van der Waals surface area contributed by atoms with Crippen LogP contribution in [0.4, 0.5) is 0 Å². The van der Waals surface area contributed by atoms with Gasteiger partial charge in [-0.1, -0.05) is 36.4 Å². The smallest absolute Gasteiger partial charge is 0.254 e. The van der Waals surface area contributed by atoms with Crippen molar-refractivity contribution in [3.8, 4) is 5.75 Å². The Bertz CT molecular complexity index is 1220. The van der Waals surface area contributed by atoms with E-state index >= 15 is 0 Å². The fourth-order valence-electron chi connectivity index (χ4n) is 4.83. The Morgan fingerprint density at radius 3 is 2.51 bits per heavy atom. The van der Waals surface area contributed by atoms with Crippen molar-refractivity contribution in [3.63, 3.8) is 0 Å². The van der Waals surface area contributed by atoms with E-state index in [-0.39, 0.29) is 24.4 Å². The second-order valence-electron chi connectivity index (χ2n) is 9.67. The minimum atomic E-state index is -0.159. The van der Waals surface area contributed by atoms with Gasteiger partial charge in [0.25, 0.3) is 5.91 Å². The van der Waals surface area contributed by atoms with Gasteiger partial charge < -0.3 is 14.5 Å². The molecule has 5 nitrogen and oxygen atoms in total. The number of fused-ring (bicyclic) bond motifs is 1. The van der Waals surface area contributed by atoms with Crippen molar-refractivity contribution in [1.29, 1.82) is 0 Å². The molecule has 2 aromatic carbocycles. The molecule has 6 heteroatoms. The lowest BCUT2D eigenvalue weighted by Crippen LogP contribution is -2.48. The number of carbonyl (C=O) groups excluding carboxylic acids is 2. The molecular formula is C29H32N2O3S. The number of hydrogen-bond donors (Lipinski definition) is 0. The first kappa shape index (κ1) is 23.6. The third-order valence-electron chi connectivity index (χ3n) is 7.07. The standard InChI is InChI=1S/C29H32N2O3S/c1-20-7-3-5-9-23(20)29(33)30(17-22-11-12-22)18-28(32)31-15-13-27-24(14-16-35-27)25(31)19-34-26-10-6-4-8-21(26)2/h3-10,14,16,22,25H,11-13,15,17-19H2,1-2H3. The molecule has 1 aliphatic carbocycles. The van der Waals surface area contributed by atoms with Crippen molar-refractivity contribution < 1.29 is 14.3 Å². The molecular weight excluding hydrogens is 456 g/mol. The zero-order valence-electron chi connectivity index (χ0n) is 20.4. The summed E-state index contributed by atoms with van der Waals surface area (Å²) in [7, 11) is 0. The lowest BCUT2D eigenvalue weighted by molar-refractivity contribution is -0.135. The molecule has 0 N–H and O–H groups in total. The van der Waals surface area contributed by atoms with Crippen LogP contribution in [0.5, 0.6) is 5.75 Å². The quantitative estimate of drug-likeness (QED) is 0.425. The summed E-state index contributed by atoms with van der Waals surface area (Å²) >= 11 is 1.74. The van der Waals surface area contributed by atoms with Crippen molar-refractivity contribution >= 4 is 23.2 Å². The molecule has 0 bridgehead atoms. The highest BCUT2D eigenvalue weighted by Gasteiger charge is 2.35. The van der Waals surface area contributed by atoms with Crippen LogP contribution >= 0.6 is 11.3 Å². The van der Waals surface area contributed by atoms with E-state index in [9.17, 15) is 9.59 Å². The lowest BCUT2D eigenvalue weighted by atomic mass is 10.00. The van der Waals surface area contributed by atoms with E-state index in [2.05, 4.69) is 11.4 Å². The number of amides is 2. The van der Waals surface area contributed by atoms with Crippen LogP contribution in [0, 0.1) is 19.8 Å². The third-order valence-corrected chi connectivity index (χ3v) is 8.07. The van der Waals surface area contributed by atoms with Crippen molar-refractivity contribution in [2.75, 3.05) is 26.2 Å². The summed E-state index contributed by atoms with van der Waals surface area (Å²) in [4.78, 5) is 32.2. The van der Waals surface area contributed by atoms with Crippen molar-refractivity contribution in [1.82, 2.24) is 9.80 Å². The van der Waals surface area contributed by atoms with E-state index in [1.165, 1.54) is 10.4 Å². The molecule has 1 aromatic heterocycles. The zero-order valence-corrected chi connectivity index (χ0v) is 21.2. The number of ether oxygens (including phenoxy) is 1. The van der Waals surface area contributed by atoms with Gasteiger partial charge in [-0.2, -0.15) is 0 Å². The molecule has 1 fully saturated rings. The number of rotatable bonds is 8. The Kier molecular flexibility index (Phi) is 6.91. The van der Waals surface area contributed by atoms with Crippen LogP contribution in [0.3, 0.4) is 0 Å². The second-order valence-corrected chi connectivity index (χ2v) is 10.7. The fourth-order valence-corrected chi connectivity index (χ4v) is 5.76. The zero-order chi connectivity index (χ0) is 24.4. The van der Waals surface area contributed by atoms with Gasteiger partial charge in [0.2, 0.25) is 5.91 Å². The van der Waals surface area contributed by atoms with E-state index in [0.717, 1.165) is 36.1 Å². The van der Waals surface area contributed by atoms with Crippen LogP contribution in [0.25, 0.3) is 0 Å². The second kappa shape index (κ2) is 10.2. The largest absolute Gasteiger partial charge is 0.491 e. The Balaban J connectivity index is 1.36. The van der Waals surface area contributed by atoms with Gasteiger partial charge >= 0.3 is 0 Å². The molecule has 1 atom stereocenters. The number of nitrogens with zero attached hydrogens (tertiary/aromatic N) is 2. The maximum absolute atomic E-state index is 13.7. The summed E-state index contributed by atoms with van der Waals surface area (Å²) < 4.78 is 6.23. The lowest BCUT2D eigenvalue weighted by Gasteiger charge is -2.37. The molecule has 0 spiro atoms. The molecule has 182 valence electrons. The summed E-state index contributed by atoms with van der Waals surface area (Å²) in [5.41, 5.74) is 3.86. The molecule has 2 heterocycles. The first-order chi connectivity index (χ1) is 17.0. The Morgan fingerprint density at radius 1 is 1.03 bits per heavy atom. The molecule has 1 aliphatic heterocycles. The first-order valence-corrected chi connectivity index (χ1v) is 13.3. The molecule has 5 rings (SSSR count). The molecule has 3 aromatic rings. The highest BCUT2D eigenvalue weighted by molar-refractivity contribution is 7.10. The van der Waals surface area contributed by atoms with Gasteiger partial charge in [-0.25, -0.2) is 0 Å². The highest BCUT2D eigenvalue weighted by Crippen LogP contribution is 2.35. The van der Waals surface area contributed by atoms with Gasteiger partial charge in [0.15, 0.2) is 0 Å². The van der Waals surface area contributed by atoms with Crippen LogP contribution in [0.2, 0.25) is 0 Å². The van der Waals surface area contributed by atoms with Crippen LogP contribution in [0.1, 0.15) is 50.8 Å². The number of carbonyl (C=O) groups is 2. The van der Waals surface area contributed by atoms with E-state index in [4.69, 9.17) is 4.74 Å². The number of thiophene rings is 1.